The number of hydrogen-bond acceptors (Lipinski definition) is 5. The molecule has 0 spiro atoms. The maximum Gasteiger partial charge on any atom is 0.339 e. The maximum absolute atomic E-state index is 12.4. The van der Waals surface area contributed by atoms with Crippen molar-refractivity contribution in [3.8, 4) is 0 Å². The molecule has 2 heterocycles. The lowest BCUT2D eigenvalue weighted by Gasteiger charge is -2.32. The average molecular weight is 344 g/mol. The fraction of sp³-hybridized carbons (Fsp3) is 0.333. The number of carbonyl (C=O) groups excluding carboxylic acids is 2. The number of rotatable bonds is 4. The molecule has 126 valence electrons. The number of methoxy groups -OCH3 is 1. The van der Waals surface area contributed by atoms with Gasteiger partial charge in [0.15, 0.2) is 0 Å². The fourth-order valence-corrected chi connectivity index (χ4v) is 3.99. The molecule has 2 aromatic rings. The van der Waals surface area contributed by atoms with E-state index in [1.165, 1.54) is 17.6 Å². The molecule has 1 amide bonds. The highest BCUT2D eigenvalue weighted by Crippen LogP contribution is 2.32. The van der Waals surface area contributed by atoms with E-state index in [9.17, 15) is 9.59 Å². The van der Waals surface area contributed by atoms with Crippen LogP contribution in [0.25, 0.3) is 0 Å². The summed E-state index contributed by atoms with van der Waals surface area (Å²) >= 11 is 1.78. The molecule has 1 aromatic carbocycles. The second kappa shape index (κ2) is 7.15. The molecule has 1 atom stereocenters. The molecule has 0 radical (unpaired) electrons. The molecule has 1 aliphatic rings. The first-order chi connectivity index (χ1) is 11.6. The molecule has 6 heteroatoms. The first-order valence-electron chi connectivity index (χ1n) is 7.87. The summed E-state index contributed by atoms with van der Waals surface area (Å²) in [6.45, 7) is 3.28. The minimum absolute atomic E-state index is 0.128. The van der Waals surface area contributed by atoms with Crippen LogP contribution in [0.2, 0.25) is 0 Å². The molecule has 0 unspecified atom stereocenters. The zero-order valence-electron chi connectivity index (χ0n) is 13.7. The molecule has 0 aliphatic carbocycles. The van der Waals surface area contributed by atoms with Crippen LogP contribution in [0.15, 0.2) is 35.7 Å². The van der Waals surface area contributed by atoms with E-state index in [4.69, 9.17) is 4.74 Å². The molecule has 5 nitrogen and oxygen atoms in total. The van der Waals surface area contributed by atoms with E-state index in [0.717, 1.165) is 13.0 Å². The number of nitrogens with one attached hydrogen (secondary N) is 1. The van der Waals surface area contributed by atoms with Crippen LogP contribution in [-0.4, -0.2) is 37.0 Å². The van der Waals surface area contributed by atoms with Crippen LogP contribution in [0.1, 0.15) is 33.8 Å². The summed E-state index contributed by atoms with van der Waals surface area (Å²) in [6, 6.07) is 9.24. The first kappa shape index (κ1) is 16.7. The summed E-state index contributed by atoms with van der Waals surface area (Å²) in [5.74, 6) is -0.586. The van der Waals surface area contributed by atoms with E-state index in [1.54, 1.807) is 35.6 Å². The van der Waals surface area contributed by atoms with Crippen molar-refractivity contribution in [3.05, 3.63) is 51.7 Å². The zero-order valence-corrected chi connectivity index (χ0v) is 14.6. The van der Waals surface area contributed by atoms with E-state index >= 15 is 0 Å². The Morgan fingerprint density at radius 1 is 1.33 bits per heavy atom. The van der Waals surface area contributed by atoms with Crippen LogP contribution in [-0.2, 0) is 16.0 Å². The lowest BCUT2D eigenvalue weighted by Crippen LogP contribution is -2.39. The third kappa shape index (κ3) is 3.34. The van der Waals surface area contributed by atoms with Gasteiger partial charge in [-0.2, -0.15) is 0 Å². The van der Waals surface area contributed by atoms with Gasteiger partial charge in [-0.25, -0.2) is 4.79 Å². The summed E-state index contributed by atoms with van der Waals surface area (Å²) in [6.07, 6.45) is 0.976. The van der Waals surface area contributed by atoms with Crippen molar-refractivity contribution < 1.29 is 14.3 Å². The predicted molar refractivity (Wildman–Crippen MR) is 94.4 cm³/mol. The van der Waals surface area contributed by atoms with Gasteiger partial charge >= 0.3 is 5.97 Å². The molecule has 3 rings (SSSR count). The standard InChI is InChI=1S/C18H20N2O3S/c1-12-13-8-10-24-16(13)7-9-20(12)11-17(21)19-15-6-4-3-5-14(15)18(22)23-2/h3-6,8,10,12H,7,9,11H2,1-2H3,(H,19,21)/t12-/m1/s1. The van der Waals surface area contributed by atoms with Gasteiger partial charge in [-0.05, 0) is 42.5 Å². The summed E-state index contributed by atoms with van der Waals surface area (Å²) in [5.41, 5.74) is 2.16. The van der Waals surface area contributed by atoms with Gasteiger partial charge in [0.1, 0.15) is 0 Å². The number of thiophene rings is 1. The SMILES string of the molecule is COC(=O)c1ccccc1NC(=O)CN1CCc2sccc2[C@H]1C. The number of ether oxygens (including phenoxy) is 1. The summed E-state index contributed by atoms with van der Waals surface area (Å²) in [7, 11) is 1.33. The van der Waals surface area contributed by atoms with Crippen molar-refractivity contribution in [3.63, 3.8) is 0 Å². The van der Waals surface area contributed by atoms with Gasteiger partial charge in [0.05, 0.1) is 24.9 Å². The third-order valence-corrected chi connectivity index (χ3v) is 5.35. The molecular weight excluding hydrogens is 324 g/mol. The predicted octanol–water partition coefficient (Wildman–Crippen LogP) is 3.09. The highest BCUT2D eigenvalue weighted by molar-refractivity contribution is 7.10. The number of anilines is 1. The Morgan fingerprint density at radius 3 is 2.92 bits per heavy atom. The van der Waals surface area contributed by atoms with Crippen molar-refractivity contribution in [2.75, 3.05) is 25.5 Å². The fourth-order valence-electron chi connectivity index (χ4n) is 3.03. The van der Waals surface area contributed by atoms with Crippen molar-refractivity contribution in [2.45, 2.75) is 19.4 Å². The second-order valence-corrected chi connectivity index (χ2v) is 6.78. The molecule has 1 N–H and O–H groups in total. The van der Waals surface area contributed by atoms with Gasteiger partial charge in [-0.15, -0.1) is 11.3 Å². The number of nitrogens with zero attached hydrogens (tertiary/aromatic N) is 1. The maximum atomic E-state index is 12.4. The number of para-hydroxylation sites is 1. The molecular formula is C18H20N2O3S. The second-order valence-electron chi connectivity index (χ2n) is 5.78. The van der Waals surface area contributed by atoms with Gasteiger partial charge in [0.25, 0.3) is 0 Å². The minimum atomic E-state index is -0.458. The van der Waals surface area contributed by atoms with Crippen molar-refractivity contribution >= 4 is 28.9 Å². The Balaban J connectivity index is 1.68. The quantitative estimate of drug-likeness (QED) is 0.866. The van der Waals surface area contributed by atoms with Crippen LogP contribution in [0.4, 0.5) is 5.69 Å². The zero-order chi connectivity index (χ0) is 17.1. The van der Waals surface area contributed by atoms with Crippen LogP contribution in [0.5, 0.6) is 0 Å². The van der Waals surface area contributed by atoms with Crippen LogP contribution in [0, 0.1) is 0 Å². The van der Waals surface area contributed by atoms with Gasteiger partial charge in [0, 0.05) is 17.5 Å². The summed E-state index contributed by atoms with van der Waals surface area (Å²) in [5, 5.41) is 4.94. The lowest BCUT2D eigenvalue weighted by molar-refractivity contribution is -0.117. The molecule has 0 bridgehead atoms. The Bertz CT molecular complexity index is 756. The highest BCUT2D eigenvalue weighted by Gasteiger charge is 2.26. The van der Waals surface area contributed by atoms with Crippen LogP contribution < -0.4 is 5.32 Å². The molecule has 1 aromatic heterocycles. The van der Waals surface area contributed by atoms with E-state index in [2.05, 4.69) is 28.6 Å². The van der Waals surface area contributed by atoms with Gasteiger partial charge < -0.3 is 10.1 Å². The molecule has 0 saturated carbocycles. The minimum Gasteiger partial charge on any atom is -0.465 e. The number of fused-ring (bicyclic) bond motifs is 1. The van der Waals surface area contributed by atoms with Crippen LogP contribution in [0.3, 0.4) is 0 Å². The Hall–Kier alpha value is -2.18. The lowest BCUT2D eigenvalue weighted by atomic mass is 10.0. The normalized spacial score (nSPS) is 17.2. The van der Waals surface area contributed by atoms with Gasteiger partial charge in [-0.3, -0.25) is 9.69 Å². The van der Waals surface area contributed by atoms with Crippen molar-refractivity contribution in [1.82, 2.24) is 4.90 Å². The average Bonchev–Trinajstić information content (AvgIpc) is 3.06. The van der Waals surface area contributed by atoms with Gasteiger partial charge in [0.2, 0.25) is 5.91 Å². The Kier molecular flexibility index (Phi) is 4.97. The number of amides is 1. The number of hydrogen-bond donors (Lipinski definition) is 1. The highest BCUT2D eigenvalue weighted by atomic mass is 32.1. The number of esters is 1. The Morgan fingerprint density at radius 2 is 2.12 bits per heavy atom. The smallest absolute Gasteiger partial charge is 0.339 e. The Labute approximate surface area is 145 Å². The van der Waals surface area contributed by atoms with E-state index < -0.39 is 5.97 Å². The van der Waals surface area contributed by atoms with E-state index in [0.29, 0.717) is 17.8 Å². The largest absolute Gasteiger partial charge is 0.465 e. The number of carbonyl (C=O) groups is 2. The molecule has 0 fully saturated rings. The molecule has 24 heavy (non-hydrogen) atoms. The summed E-state index contributed by atoms with van der Waals surface area (Å²) < 4.78 is 4.76. The third-order valence-electron chi connectivity index (χ3n) is 4.36. The van der Waals surface area contributed by atoms with Crippen LogP contribution >= 0.6 is 11.3 Å². The van der Waals surface area contributed by atoms with E-state index in [1.807, 2.05) is 0 Å². The summed E-state index contributed by atoms with van der Waals surface area (Å²) in [4.78, 5) is 27.8. The van der Waals surface area contributed by atoms with Crippen molar-refractivity contribution in [1.29, 1.82) is 0 Å². The molecule has 1 aliphatic heterocycles. The van der Waals surface area contributed by atoms with Gasteiger partial charge in [-0.1, -0.05) is 12.1 Å². The first-order valence-corrected chi connectivity index (χ1v) is 8.75. The van der Waals surface area contributed by atoms with Crippen molar-refractivity contribution in [2.24, 2.45) is 0 Å². The monoisotopic (exact) mass is 344 g/mol. The topological polar surface area (TPSA) is 58.6 Å². The van der Waals surface area contributed by atoms with E-state index in [-0.39, 0.29) is 11.9 Å². The number of benzene rings is 1. The molecule has 0 saturated heterocycles.